The second-order valence-electron chi connectivity index (χ2n) is 9.66. The quantitative estimate of drug-likeness (QED) is 0.145. The van der Waals surface area contributed by atoms with Crippen LogP contribution in [0.1, 0.15) is 87.0 Å². The van der Waals surface area contributed by atoms with Crippen molar-refractivity contribution in [2.45, 2.75) is 87.0 Å². The van der Waals surface area contributed by atoms with Crippen LogP contribution in [0.5, 0.6) is 0 Å². The molecule has 0 saturated carbocycles. The fourth-order valence-electron chi connectivity index (χ4n) is 3.12. The van der Waals surface area contributed by atoms with Gasteiger partial charge in [0.2, 0.25) is 0 Å². The van der Waals surface area contributed by atoms with Gasteiger partial charge in [0, 0.05) is 33.8 Å². The van der Waals surface area contributed by atoms with Crippen molar-refractivity contribution in [1.82, 2.24) is 0 Å². The normalized spacial score (nSPS) is 13.5. The Morgan fingerprint density at radius 2 is 1.47 bits per heavy atom. The van der Waals surface area contributed by atoms with E-state index in [9.17, 15) is 0 Å². The van der Waals surface area contributed by atoms with Crippen molar-refractivity contribution in [3.63, 3.8) is 0 Å². The Bertz CT molecular complexity index is 529. The first-order valence-electron chi connectivity index (χ1n) is 12.0. The van der Waals surface area contributed by atoms with Gasteiger partial charge in [-0.25, -0.2) is 0 Å². The van der Waals surface area contributed by atoms with E-state index in [4.69, 9.17) is 4.74 Å². The molecule has 0 aromatic rings. The number of nitrogens with zero attached hydrogens (tertiary/aromatic N) is 1. The maximum Gasteiger partial charge on any atom is 0.0425 e. The summed E-state index contributed by atoms with van der Waals surface area (Å²) in [4.78, 5) is 0. The van der Waals surface area contributed by atoms with Crippen LogP contribution in [-0.4, -0.2) is 18.5 Å². The summed E-state index contributed by atoms with van der Waals surface area (Å²) < 4.78 is 5.43. The van der Waals surface area contributed by atoms with Crippen LogP contribution in [0.15, 0.2) is 53.5 Å². The molecule has 1 aliphatic rings. The van der Waals surface area contributed by atoms with Gasteiger partial charge in [0.25, 0.3) is 0 Å². The van der Waals surface area contributed by atoms with Gasteiger partial charge in [-0.1, -0.05) is 91.8 Å². The van der Waals surface area contributed by atoms with E-state index in [0.717, 1.165) is 24.2 Å². The van der Waals surface area contributed by atoms with Crippen LogP contribution in [0.4, 0.5) is 0 Å². The molecule has 1 nitrogen and oxygen atoms in total. The van der Waals surface area contributed by atoms with Gasteiger partial charge in [-0.3, -0.25) is 4.74 Å². The van der Waals surface area contributed by atoms with E-state index in [1.54, 1.807) is 6.08 Å². The van der Waals surface area contributed by atoms with Crippen molar-refractivity contribution in [1.29, 1.82) is 0 Å². The van der Waals surface area contributed by atoms with Crippen LogP contribution in [-0.2, 0) is 21.7 Å². The molecule has 0 saturated heterocycles. The van der Waals surface area contributed by atoms with Gasteiger partial charge < -0.3 is 0 Å². The van der Waals surface area contributed by atoms with Gasteiger partial charge in [0.05, 0.1) is 0 Å². The maximum atomic E-state index is 5.43. The summed E-state index contributed by atoms with van der Waals surface area (Å²) in [6.07, 6.45) is 24.1. The minimum absolute atomic E-state index is 0. The van der Waals surface area contributed by atoms with E-state index >= 15 is 0 Å². The third-order valence-corrected chi connectivity index (χ3v) is 9.14. The Kier molecular flexibility index (Phi) is 20.9. The molecule has 0 fully saturated rings. The maximum absolute atomic E-state index is 5.43. The molecular weight excluding hydrogens is 417 g/mol. The zero-order valence-electron chi connectivity index (χ0n) is 21.2. The summed E-state index contributed by atoms with van der Waals surface area (Å²) in [6.45, 7) is 19.8. The Hall–Kier alpha value is -0.0957. The monoisotopic (exact) mass is 467 g/mol. The van der Waals surface area contributed by atoms with E-state index in [2.05, 4.69) is 79.3 Å². The molecule has 1 rings (SSSR count). The number of hydrogen-bond donors (Lipinski definition) is 0. The molecule has 3 heteroatoms. The van der Waals surface area contributed by atoms with Gasteiger partial charge in [-0.05, 0) is 75.1 Å². The number of hydrogen-bond acceptors (Lipinski definition) is 1. The number of rotatable bonds is 13. The van der Waals surface area contributed by atoms with Crippen LogP contribution >= 0.6 is 7.05 Å². The molecule has 0 aromatic heterocycles. The molecule has 172 valence electrons. The molecule has 0 amide bonds. The van der Waals surface area contributed by atoms with E-state index < -0.39 is 7.05 Å². The smallest absolute Gasteiger partial charge is 0.0425 e. The van der Waals surface area contributed by atoms with Gasteiger partial charge in [-0.2, -0.15) is 0 Å². The second-order valence-corrected chi connectivity index (χ2v) is 13.4. The van der Waals surface area contributed by atoms with Crippen molar-refractivity contribution in [2.24, 2.45) is 22.5 Å². The van der Waals surface area contributed by atoms with Gasteiger partial charge in [-0.15, -0.1) is 0 Å². The number of allylic oxidation sites excluding steroid dienone is 6. The Balaban J connectivity index is 0. The Morgan fingerprint density at radius 3 is 1.80 bits per heavy atom. The van der Waals surface area contributed by atoms with Crippen LogP contribution in [0.2, 0.25) is 0 Å². The predicted molar refractivity (Wildman–Crippen MR) is 138 cm³/mol. The molecule has 0 bridgehead atoms. The second kappa shape index (κ2) is 19.6. The molecule has 0 aliphatic heterocycles. The SMILES string of the molecule is C=CC=CCCC.CC(C)CCP(CCC(C)C)(CCC(C)C)=NC1=CC=CC1.[Ti]. The Labute approximate surface area is 204 Å². The fraction of sp³-hybridized carbons (Fsp3) is 0.704. The van der Waals surface area contributed by atoms with Crippen LogP contribution in [0.25, 0.3) is 0 Å². The average molecular weight is 468 g/mol. The summed E-state index contributed by atoms with van der Waals surface area (Å²) in [5.41, 5.74) is 1.35. The zero-order chi connectivity index (χ0) is 22.1. The van der Waals surface area contributed by atoms with Crippen LogP contribution < -0.4 is 0 Å². The molecule has 30 heavy (non-hydrogen) atoms. The van der Waals surface area contributed by atoms with Gasteiger partial charge in [0.1, 0.15) is 0 Å². The molecule has 1 aliphatic carbocycles. The van der Waals surface area contributed by atoms with Crippen molar-refractivity contribution in [3.05, 3.63) is 48.7 Å². The van der Waals surface area contributed by atoms with Crippen molar-refractivity contribution < 1.29 is 21.7 Å². The minimum Gasteiger partial charge on any atom is -0.272 e. The summed E-state index contributed by atoms with van der Waals surface area (Å²) in [7, 11) is -1.19. The summed E-state index contributed by atoms with van der Waals surface area (Å²) in [5, 5.41) is 0. The number of unbranched alkanes of at least 4 members (excludes halogenated alkanes) is 1. The van der Waals surface area contributed by atoms with Crippen LogP contribution in [0.3, 0.4) is 0 Å². The molecule has 0 radical (unpaired) electrons. The molecule has 0 atom stereocenters. The van der Waals surface area contributed by atoms with Crippen molar-refractivity contribution >= 4 is 7.05 Å². The van der Waals surface area contributed by atoms with E-state index in [1.165, 1.54) is 56.3 Å². The summed E-state index contributed by atoms with van der Waals surface area (Å²) in [6, 6.07) is 0. The predicted octanol–water partition coefficient (Wildman–Crippen LogP) is 9.70. The van der Waals surface area contributed by atoms with Gasteiger partial charge >= 0.3 is 0 Å². The van der Waals surface area contributed by atoms with Crippen molar-refractivity contribution in [3.8, 4) is 0 Å². The van der Waals surface area contributed by atoms with Gasteiger partial charge in [0.15, 0.2) is 0 Å². The summed E-state index contributed by atoms with van der Waals surface area (Å²) >= 11 is 0. The Morgan fingerprint density at radius 1 is 0.967 bits per heavy atom. The first-order valence-corrected chi connectivity index (χ1v) is 14.3. The molecule has 0 spiro atoms. The third-order valence-electron chi connectivity index (χ3n) is 5.19. The third kappa shape index (κ3) is 17.6. The molecule has 0 heterocycles. The van der Waals surface area contributed by atoms with E-state index in [-0.39, 0.29) is 21.7 Å². The fourth-order valence-corrected chi connectivity index (χ4v) is 7.78. The zero-order valence-corrected chi connectivity index (χ0v) is 23.6. The topological polar surface area (TPSA) is 12.4 Å². The molecule has 0 aromatic carbocycles. The largest absolute Gasteiger partial charge is 0.272 e. The van der Waals surface area contributed by atoms with Crippen molar-refractivity contribution in [2.75, 3.05) is 18.5 Å². The van der Waals surface area contributed by atoms with E-state index in [1.807, 2.05) is 6.08 Å². The molecule has 0 N–H and O–H groups in total. The minimum atomic E-state index is -1.19. The standard InChI is InChI=1S/C20H38NP.C7H12.Ti/c1-17(2)11-14-22(15-12-18(3)4,16-13-19(5)6)21-20-9-7-8-10-20;1-3-5-7-6-4-2;/h7-9,17-19H,10-16H2,1-6H3;3,5,7H,1,4,6H2,2H3;. The average Bonchev–Trinajstić information content (AvgIpc) is 3.16. The first-order chi connectivity index (χ1) is 13.7. The molecular formula is C27H50NPTi. The molecule has 0 unspecified atom stereocenters. The first kappa shape index (κ1) is 32.1. The van der Waals surface area contributed by atoms with Crippen LogP contribution in [0, 0.1) is 17.8 Å². The van der Waals surface area contributed by atoms with E-state index in [0.29, 0.717) is 0 Å². The summed E-state index contributed by atoms with van der Waals surface area (Å²) in [5.74, 6) is 2.38.